The van der Waals surface area contributed by atoms with Crippen molar-refractivity contribution in [1.82, 2.24) is 15.0 Å². The molecule has 0 radical (unpaired) electrons. The molecule has 2 aromatic rings. The van der Waals surface area contributed by atoms with Gasteiger partial charge in [-0.05, 0) is 13.0 Å². The first-order valence-corrected chi connectivity index (χ1v) is 7.19. The number of anilines is 2. The Morgan fingerprint density at radius 1 is 1.20 bits per heavy atom. The highest BCUT2D eigenvalue weighted by molar-refractivity contribution is 7.92. The molecule has 0 bridgehead atoms. The van der Waals surface area contributed by atoms with Gasteiger partial charge in [-0.2, -0.15) is 0 Å². The summed E-state index contributed by atoms with van der Waals surface area (Å²) in [6.45, 7) is 2.32. The van der Waals surface area contributed by atoms with E-state index in [9.17, 15) is 8.42 Å². The summed E-state index contributed by atoms with van der Waals surface area (Å²) in [5.41, 5.74) is 5.62. The summed E-state index contributed by atoms with van der Waals surface area (Å²) in [6, 6.07) is 3.12. The minimum absolute atomic E-state index is 0.00619. The molecule has 2 heterocycles. The lowest BCUT2D eigenvalue weighted by Crippen LogP contribution is -2.14. The van der Waals surface area contributed by atoms with E-state index in [2.05, 4.69) is 19.7 Å². The van der Waals surface area contributed by atoms with Crippen molar-refractivity contribution in [2.45, 2.75) is 11.8 Å². The van der Waals surface area contributed by atoms with Crippen LogP contribution in [0, 0.1) is 0 Å². The molecule has 20 heavy (non-hydrogen) atoms. The number of sulfonamides is 1. The van der Waals surface area contributed by atoms with Crippen LogP contribution in [0.15, 0.2) is 35.6 Å². The van der Waals surface area contributed by atoms with Gasteiger partial charge < -0.3 is 10.5 Å². The van der Waals surface area contributed by atoms with Crippen molar-refractivity contribution in [3.8, 4) is 5.88 Å². The minimum atomic E-state index is -3.77. The predicted molar refractivity (Wildman–Crippen MR) is 72.7 cm³/mol. The van der Waals surface area contributed by atoms with Crippen molar-refractivity contribution in [3.63, 3.8) is 0 Å². The van der Waals surface area contributed by atoms with Crippen LogP contribution >= 0.6 is 0 Å². The lowest BCUT2D eigenvalue weighted by Gasteiger charge is -2.08. The van der Waals surface area contributed by atoms with Gasteiger partial charge in [0.25, 0.3) is 10.0 Å². The number of rotatable bonds is 5. The van der Waals surface area contributed by atoms with Crippen molar-refractivity contribution < 1.29 is 13.2 Å². The summed E-state index contributed by atoms with van der Waals surface area (Å²) >= 11 is 0. The number of hydrogen-bond acceptors (Lipinski definition) is 7. The molecule has 3 N–H and O–H groups in total. The Morgan fingerprint density at radius 2 is 1.90 bits per heavy atom. The zero-order chi connectivity index (χ0) is 14.6. The first-order chi connectivity index (χ1) is 9.51. The third kappa shape index (κ3) is 3.32. The Bertz CT molecular complexity index is 670. The highest BCUT2D eigenvalue weighted by Gasteiger charge is 2.15. The molecular formula is C11H13N5O3S. The van der Waals surface area contributed by atoms with Gasteiger partial charge >= 0.3 is 0 Å². The van der Waals surface area contributed by atoms with Crippen molar-refractivity contribution >= 4 is 21.7 Å². The Labute approximate surface area is 116 Å². The number of nitrogen functional groups attached to an aromatic ring is 1. The standard InChI is InChI=1S/C11H13N5O3S/c1-2-19-10-4-3-8(5-13-10)16-20(17,18)9-6-14-11(12)15-7-9/h3-7,16H,2H2,1H3,(H2,12,14,15). The van der Waals surface area contributed by atoms with Crippen LogP contribution in [0.3, 0.4) is 0 Å². The van der Waals surface area contributed by atoms with Gasteiger partial charge in [0.2, 0.25) is 11.8 Å². The number of hydrogen-bond donors (Lipinski definition) is 2. The molecule has 0 aromatic carbocycles. The van der Waals surface area contributed by atoms with E-state index in [-0.39, 0.29) is 10.8 Å². The fraction of sp³-hybridized carbons (Fsp3) is 0.182. The van der Waals surface area contributed by atoms with Gasteiger partial charge in [-0.3, -0.25) is 4.72 Å². The van der Waals surface area contributed by atoms with E-state index >= 15 is 0 Å². The summed E-state index contributed by atoms with van der Waals surface area (Å²) < 4.78 is 31.6. The SMILES string of the molecule is CCOc1ccc(NS(=O)(=O)c2cnc(N)nc2)cn1. The smallest absolute Gasteiger partial charge is 0.265 e. The van der Waals surface area contributed by atoms with Gasteiger partial charge in [-0.1, -0.05) is 0 Å². The van der Waals surface area contributed by atoms with E-state index < -0.39 is 10.0 Å². The summed E-state index contributed by atoms with van der Waals surface area (Å²) in [7, 11) is -3.77. The molecule has 0 aliphatic carbocycles. The molecule has 0 unspecified atom stereocenters. The molecule has 0 saturated carbocycles. The third-order valence-corrected chi connectivity index (χ3v) is 3.58. The topological polar surface area (TPSA) is 120 Å². The zero-order valence-electron chi connectivity index (χ0n) is 10.6. The molecule has 0 saturated heterocycles. The number of nitrogens with zero attached hydrogens (tertiary/aromatic N) is 3. The Morgan fingerprint density at radius 3 is 2.45 bits per heavy atom. The van der Waals surface area contributed by atoms with Crippen molar-refractivity contribution in [2.75, 3.05) is 17.1 Å². The first kappa shape index (κ1) is 14.0. The molecule has 0 fully saturated rings. The van der Waals surface area contributed by atoms with Crippen LogP contribution < -0.4 is 15.2 Å². The van der Waals surface area contributed by atoms with Crippen molar-refractivity contribution in [3.05, 3.63) is 30.7 Å². The van der Waals surface area contributed by atoms with E-state index in [1.165, 1.54) is 6.20 Å². The number of ether oxygens (including phenoxy) is 1. The molecular weight excluding hydrogens is 282 g/mol. The highest BCUT2D eigenvalue weighted by atomic mass is 32.2. The molecule has 0 amide bonds. The van der Waals surface area contributed by atoms with Crippen LogP contribution in [0.5, 0.6) is 5.88 Å². The Hall–Kier alpha value is -2.42. The quantitative estimate of drug-likeness (QED) is 0.830. The number of nitrogens with one attached hydrogen (secondary N) is 1. The van der Waals surface area contributed by atoms with Crippen LogP contribution in [0.25, 0.3) is 0 Å². The molecule has 106 valence electrons. The summed E-state index contributed by atoms with van der Waals surface area (Å²) in [4.78, 5) is 11.2. The summed E-state index contributed by atoms with van der Waals surface area (Å²) in [5.74, 6) is 0.429. The predicted octanol–water partition coefficient (Wildman–Crippen LogP) is 0.653. The second-order valence-electron chi connectivity index (χ2n) is 3.70. The van der Waals surface area contributed by atoms with Crippen molar-refractivity contribution in [1.29, 1.82) is 0 Å². The second kappa shape index (κ2) is 5.70. The van der Waals surface area contributed by atoms with E-state index in [1.54, 1.807) is 12.1 Å². The Kier molecular flexibility index (Phi) is 3.99. The molecule has 9 heteroatoms. The van der Waals surface area contributed by atoms with Crippen LogP contribution in [0.4, 0.5) is 11.6 Å². The van der Waals surface area contributed by atoms with Crippen molar-refractivity contribution in [2.24, 2.45) is 0 Å². The van der Waals surface area contributed by atoms with Gasteiger partial charge in [-0.15, -0.1) is 0 Å². The summed E-state index contributed by atoms with van der Waals surface area (Å²) in [5, 5.41) is 0. The lowest BCUT2D eigenvalue weighted by atomic mass is 10.4. The van der Waals surface area contributed by atoms with Crippen LogP contribution in [-0.4, -0.2) is 30.0 Å². The van der Waals surface area contributed by atoms with E-state index in [4.69, 9.17) is 10.5 Å². The molecule has 0 aliphatic heterocycles. The number of aromatic nitrogens is 3. The van der Waals surface area contributed by atoms with E-state index in [0.717, 1.165) is 12.4 Å². The third-order valence-electron chi connectivity index (χ3n) is 2.24. The monoisotopic (exact) mass is 295 g/mol. The maximum atomic E-state index is 12.0. The maximum absolute atomic E-state index is 12.0. The van der Waals surface area contributed by atoms with Crippen LogP contribution in [-0.2, 0) is 10.0 Å². The van der Waals surface area contributed by atoms with Crippen LogP contribution in [0.1, 0.15) is 6.92 Å². The van der Waals surface area contributed by atoms with E-state index in [0.29, 0.717) is 18.2 Å². The Balaban J connectivity index is 2.17. The highest BCUT2D eigenvalue weighted by Crippen LogP contribution is 2.16. The average molecular weight is 295 g/mol. The largest absolute Gasteiger partial charge is 0.478 e. The second-order valence-corrected chi connectivity index (χ2v) is 5.38. The van der Waals surface area contributed by atoms with Gasteiger partial charge in [-0.25, -0.2) is 23.4 Å². The van der Waals surface area contributed by atoms with Gasteiger partial charge in [0.15, 0.2) is 0 Å². The summed E-state index contributed by atoms with van der Waals surface area (Å²) in [6.07, 6.45) is 3.63. The van der Waals surface area contributed by atoms with E-state index in [1.807, 2.05) is 6.92 Å². The zero-order valence-corrected chi connectivity index (χ0v) is 11.5. The number of pyridine rings is 1. The van der Waals surface area contributed by atoms with Gasteiger partial charge in [0.05, 0.1) is 30.9 Å². The normalized spacial score (nSPS) is 11.1. The molecule has 2 aromatic heterocycles. The first-order valence-electron chi connectivity index (χ1n) is 5.70. The fourth-order valence-corrected chi connectivity index (χ4v) is 2.28. The minimum Gasteiger partial charge on any atom is -0.478 e. The maximum Gasteiger partial charge on any atom is 0.265 e. The number of nitrogens with two attached hydrogens (primary N) is 1. The average Bonchev–Trinajstić information content (AvgIpc) is 2.41. The lowest BCUT2D eigenvalue weighted by molar-refractivity contribution is 0.327. The molecule has 0 atom stereocenters. The van der Waals surface area contributed by atoms with Crippen LogP contribution in [0.2, 0.25) is 0 Å². The molecule has 0 aliphatic rings. The van der Waals surface area contributed by atoms with Gasteiger partial charge in [0.1, 0.15) is 4.90 Å². The molecule has 0 spiro atoms. The molecule has 8 nitrogen and oxygen atoms in total. The van der Waals surface area contributed by atoms with Gasteiger partial charge in [0, 0.05) is 6.07 Å². The fourth-order valence-electron chi connectivity index (χ4n) is 1.35. The molecule has 2 rings (SSSR count).